The van der Waals surface area contributed by atoms with Gasteiger partial charge in [-0.2, -0.15) is 0 Å². The zero-order chi connectivity index (χ0) is 36.8. The van der Waals surface area contributed by atoms with Gasteiger partial charge in [-0.05, 0) is 94.9 Å². The van der Waals surface area contributed by atoms with Gasteiger partial charge in [0.1, 0.15) is 11.5 Å². The molecular formula is C48H36N6O. The monoisotopic (exact) mass is 712 g/mol. The smallest absolute Gasteiger partial charge is 0.220 e. The first kappa shape index (κ1) is 31.4. The molecule has 0 atom stereocenters. The molecule has 0 unspecified atom stereocenters. The first-order valence-electron chi connectivity index (χ1n) is 18.7. The van der Waals surface area contributed by atoms with E-state index in [2.05, 4.69) is 178 Å². The Labute approximate surface area is 316 Å². The maximum atomic E-state index is 6.88. The predicted molar refractivity (Wildman–Crippen MR) is 223 cm³/mol. The van der Waals surface area contributed by atoms with E-state index in [1.165, 1.54) is 5.56 Å². The van der Waals surface area contributed by atoms with Crippen molar-refractivity contribution in [2.24, 2.45) is 0 Å². The Bertz CT molecular complexity index is 3280. The van der Waals surface area contributed by atoms with E-state index in [0.29, 0.717) is 0 Å². The van der Waals surface area contributed by atoms with Gasteiger partial charge in [0.15, 0.2) is 0 Å². The third-order valence-corrected chi connectivity index (χ3v) is 10.8. The van der Waals surface area contributed by atoms with Crippen molar-refractivity contribution in [1.29, 1.82) is 0 Å². The van der Waals surface area contributed by atoms with E-state index < -0.39 is 0 Å². The molecule has 4 aromatic heterocycles. The minimum absolute atomic E-state index is 0.0533. The highest BCUT2D eigenvalue weighted by Crippen LogP contribution is 2.37. The number of hydrogen-bond donors (Lipinski definition) is 0. The van der Waals surface area contributed by atoms with E-state index in [1.54, 1.807) is 0 Å². The van der Waals surface area contributed by atoms with Crippen LogP contribution in [0.3, 0.4) is 0 Å². The van der Waals surface area contributed by atoms with Crippen LogP contribution in [0.2, 0.25) is 0 Å². The predicted octanol–water partition coefficient (Wildman–Crippen LogP) is 11.9. The number of rotatable bonds is 5. The molecule has 55 heavy (non-hydrogen) atoms. The summed E-state index contributed by atoms with van der Waals surface area (Å²) in [6.45, 7) is 6.74. The molecule has 0 N–H and O–H groups in total. The Morgan fingerprint density at radius 2 is 0.927 bits per heavy atom. The van der Waals surface area contributed by atoms with Crippen LogP contribution in [0, 0.1) is 0 Å². The lowest BCUT2D eigenvalue weighted by Crippen LogP contribution is -2.10. The summed E-state index contributed by atoms with van der Waals surface area (Å²) in [5, 5.41) is 0. The van der Waals surface area contributed by atoms with Crippen molar-refractivity contribution in [3.63, 3.8) is 0 Å². The van der Waals surface area contributed by atoms with Crippen LogP contribution in [-0.4, -0.2) is 27.9 Å². The molecule has 0 amide bonds. The Morgan fingerprint density at radius 3 is 1.51 bits per heavy atom. The molecule has 264 valence electrons. The number of ether oxygens (including phenoxy) is 1. The van der Waals surface area contributed by atoms with Crippen LogP contribution in [-0.2, 0) is 5.41 Å². The van der Waals surface area contributed by atoms with E-state index in [9.17, 15) is 0 Å². The molecule has 0 aliphatic carbocycles. The number of fused-ring (bicyclic) bond motifs is 10. The fraction of sp³-hybridized carbons (Fsp3) is 0.0833. The third kappa shape index (κ3) is 4.90. The highest BCUT2D eigenvalue weighted by molar-refractivity contribution is 5.93. The highest BCUT2D eigenvalue weighted by Gasteiger charge is 2.20. The molecule has 0 bridgehead atoms. The van der Waals surface area contributed by atoms with Crippen molar-refractivity contribution in [1.82, 2.24) is 27.9 Å². The van der Waals surface area contributed by atoms with Gasteiger partial charge in [0, 0.05) is 12.1 Å². The van der Waals surface area contributed by atoms with Gasteiger partial charge in [-0.15, -0.1) is 0 Å². The lowest BCUT2D eigenvalue weighted by molar-refractivity contribution is 0.482. The number of imidazole rings is 4. The zero-order valence-corrected chi connectivity index (χ0v) is 30.7. The van der Waals surface area contributed by atoms with E-state index in [-0.39, 0.29) is 5.41 Å². The minimum atomic E-state index is 0.0533. The van der Waals surface area contributed by atoms with Crippen molar-refractivity contribution < 1.29 is 4.74 Å². The van der Waals surface area contributed by atoms with Crippen molar-refractivity contribution in [3.8, 4) is 34.0 Å². The average Bonchev–Trinajstić information content (AvgIpc) is 3.94. The highest BCUT2D eigenvalue weighted by atomic mass is 16.5. The van der Waals surface area contributed by atoms with Crippen LogP contribution in [0.1, 0.15) is 26.3 Å². The molecule has 0 fully saturated rings. The largest absolute Gasteiger partial charge is 0.457 e. The number of para-hydroxylation sites is 8. The zero-order valence-electron chi connectivity index (χ0n) is 30.7. The van der Waals surface area contributed by atoms with E-state index in [1.807, 2.05) is 24.3 Å². The normalized spacial score (nSPS) is 12.3. The second-order valence-electron chi connectivity index (χ2n) is 15.3. The number of nitrogens with zero attached hydrogens (tertiary/aromatic N) is 6. The van der Waals surface area contributed by atoms with Crippen LogP contribution in [0.15, 0.2) is 164 Å². The van der Waals surface area contributed by atoms with Gasteiger partial charge in [-0.25, -0.2) is 9.97 Å². The third-order valence-electron chi connectivity index (χ3n) is 10.8. The molecule has 0 saturated heterocycles. The summed E-state index contributed by atoms with van der Waals surface area (Å²) in [7, 11) is 0. The van der Waals surface area contributed by atoms with Crippen molar-refractivity contribution >= 4 is 55.7 Å². The summed E-state index contributed by atoms with van der Waals surface area (Å²) >= 11 is 0. The average molecular weight is 713 g/mol. The van der Waals surface area contributed by atoms with Crippen LogP contribution in [0.25, 0.3) is 78.2 Å². The molecule has 0 aliphatic heterocycles. The molecule has 7 aromatic carbocycles. The topological polar surface area (TPSA) is 53.7 Å². The molecule has 0 spiro atoms. The summed E-state index contributed by atoms with van der Waals surface area (Å²) < 4.78 is 15.8. The molecule has 11 rings (SSSR count). The Balaban J connectivity index is 1.09. The molecule has 0 radical (unpaired) electrons. The summed E-state index contributed by atoms with van der Waals surface area (Å²) in [6, 6.07) is 57.2. The van der Waals surface area contributed by atoms with E-state index in [4.69, 9.17) is 14.7 Å². The van der Waals surface area contributed by atoms with Gasteiger partial charge in [0.2, 0.25) is 11.6 Å². The van der Waals surface area contributed by atoms with Crippen molar-refractivity contribution in [2.75, 3.05) is 0 Å². The molecule has 11 aromatic rings. The molecular weight excluding hydrogens is 677 g/mol. The Kier molecular flexibility index (Phi) is 6.68. The van der Waals surface area contributed by atoms with Crippen molar-refractivity contribution in [2.45, 2.75) is 26.2 Å². The Hall–Kier alpha value is -7.12. The summed E-state index contributed by atoms with van der Waals surface area (Å²) in [4.78, 5) is 10.3. The minimum Gasteiger partial charge on any atom is -0.457 e. The molecule has 0 aliphatic rings. The van der Waals surface area contributed by atoms with E-state index in [0.717, 1.165) is 89.7 Å². The quantitative estimate of drug-likeness (QED) is 0.178. The molecule has 7 nitrogen and oxygen atoms in total. The maximum absolute atomic E-state index is 6.88. The van der Waals surface area contributed by atoms with Crippen LogP contribution >= 0.6 is 0 Å². The molecule has 4 heterocycles. The fourth-order valence-corrected chi connectivity index (χ4v) is 8.13. The van der Waals surface area contributed by atoms with Crippen LogP contribution in [0.4, 0.5) is 0 Å². The second kappa shape index (κ2) is 11.7. The first-order chi connectivity index (χ1) is 26.9. The van der Waals surface area contributed by atoms with Crippen LogP contribution < -0.4 is 4.74 Å². The van der Waals surface area contributed by atoms with Gasteiger partial charge >= 0.3 is 0 Å². The van der Waals surface area contributed by atoms with Crippen molar-refractivity contribution in [3.05, 3.63) is 169 Å². The summed E-state index contributed by atoms with van der Waals surface area (Å²) in [5.74, 6) is 3.17. The number of aromatic nitrogens is 6. The summed E-state index contributed by atoms with van der Waals surface area (Å²) in [6.07, 6.45) is 0. The fourth-order valence-electron chi connectivity index (χ4n) is 8.13. The van der Waals surface area contributed by atoms with Gasteiger partial charge in [-0.1, -0.05) is 99.6 Å². The molecule has 0 saturated carbocycles. The van der Waals surface area contributed by atoms with Gasteiger partial charge in [0.25, 0.3) is 0 Å². The SMILES string of the molecule is CC(C)(C)c1ccc(-c2cc(Oc3cccc(-n4c5ccccc5n5c6ccccc6nc45)c3)cc(-n3c4ccccc4n4c5ccccc5nc34)c2)cc1. The Morgan fingerprint density at radius 1 is 0.418 bits per heavy atom. The van der Waals surface area contributed by atoms with Crippen LogP contribution in [0.5, 0.6) is 11.5 Å². The standard InChI is InChI=1S/C48H36N6O/c1-48(2,3)33-25-23-31(24-26-33)32-27-35(52-43-20-9-11-22-45(43)54-41-18-7-5-16-39(41)50-47(52)54)30-37(28-32)55-36-14-12-13-34(29-36)51-42-19-8-10-21-44(42)53-40-17-6-4-15-38(40)49-46(51)53/h4-30H,1-3H3. The summed E-state index contributed by atoms with van der Waals surface area (Å²) in [5.41, 5.74) is 13.9. The number of benzene rings is 7. The molecule has 7 heteroatoms. The lowest BCUT2D eigenvalue weighted by atomic mass is 9.86. The van der Waals surface area contributed by atoms with E-state index >= 15 is 0 Å². The number of hydrogen-bond acceptors (Lipinski definition) is 3. The van der Waals surface area contributed by atoms with Gasteiger partial charge in [-0.3, -0.25) is 17.9 Å². The maximum Gasteiger partial charge on any atom is 0.220 e. The van der Waals surface area contributed by atoms with Gasteiger partial charge in [0.05, 0.1) is 55.5 Å². The van der Waals surface area contributed by atoms with Gasteiger partial charge < -0.3 is 4.74 Å². The second-order valence-corrected chi connectivity index (χ2v) is 15.3. The lowest BCUT2D eigenvalue weighted by Gasteiger charge is -2.19. The first-order valence-corrected chi connectivity index (χ1v) is 18.7.